The lowest BCUT2D eigenvalue weighted by molar-refractivity contribution is 0.219. The third kappa shape index (κ3) is 6.58. The Labute approximate surface area is 220 Å². The third-order valence-electron chi connectivity index (χ3n) is 7.30. The van der Waals surface area contributed by atoms with Crippen LogP contribution in [0.5, 0.6) is 5.75 Å². The molecule has 2 aliphatic heterocycles. The fourth-order valence-electron chi connectivity index (χ4n) is 5.18. The molecule has 2 aromatic carbocycles. The average molecular weight is 506 g/mol. The molecule has 1 aromatic heterocycles. The van der Waals surface area contributed by atoms with E-state index in [-0.39, 0.29) is 0 Å². The lowest BCUT2D eigenvalue weighted by atomic mass is 10.1. The molecule has 0 atom stereocenters. The van der Waals surface area contributed by atoms with Gasteiger partial charge in [0.2, 0.25) is 0 Å². The van der Waals surface area contributed by atoms with E-state index in [1.54, 1.807) is 18.4 Å². The molecule has 0 N–H and O–H groups in total. The number of piperazine rings is 1. The van der Waals surface area contributed by atoms with Crippen LogP contribution in [-0.4, -0.2) is 68.2 Å². The maximum absolute atomic E-state index is 5.49. The molecule has 2 saturated heterocycles. The number of nitrogens with zero attached hydrogens (tertiary/aromatic N) is 5. The highest BCUT2D eigenvalue weighted by molar-refractivity contribution is 7.13. The maximum atomic E-state index is 5.49. The molecule has 2 aliphatic rings. The Hall–Kier alpha value is -2.61. The van der Waals surface area contributed by atoms with Gasteiger partial charge in [-0.25, -0.2) is 4.98 Å². The molecule has 192 valence electrons. The molecule has 5 rings (SSSR count). The number of benzene rings is 2. The van der Waals surface area contributed by atoms with Crippen molar-refractivity contribution in [3.8, 4) is 5.75 Å². The van der Waals surface area contributed by atoms with Crippen molar-refractivity contribution in [2.75, 3.05) is 63.2 Å². The highest BCUT2D eigenvalue weighted by Gasteiger charge is 2.18. The number of aromatic nitrogens is 1. The molecule has 3 heterocycles. The second-order valence-electron chi connectivity index (χ2n) is 10.1. The zero-order chi connectivity index (χ0) is 24.7. The van der Waals surface area contributed by atoms with Crippen LogP contribution in [-0.2, 0) is 19.6 Å². The Kier molecular flexibility index (Phi) is 8.41. The topological polar surface area (TPSA) is 35.1 Å². The van der Waals surface area contributed by atoms with Gasteiger partial charge in [0.15, 0.2) is 5.13 Å². The Morgan fingerprint density at radius 2 is 1.61 bits per heavy atom. The van der Waals surface area contributed by atoms with Crippen molar-refractivity contribution in [3.05, 3.63) is 70.7 Å². The van der Waals surface area contributed by atoms with Crippen LogP contribution in [0.15, 0.2) is 53.9 Å². The minimum Gasteiger partial charge on any atom is -0.497 e. The third-order valence-corrected chi connectivity index (χ3v) is 8.25. The zero-order valence-electron chi connectivity index (χ0n) is 21.7. The number of anilines is 2. The van der Waals surface area contributed by atoms with Crippen molar-refractivity contribution in [1.29, 1.82) is 0 Å². The molecule has 0 aliphatic carbocycles. The lowest BCUT2D eigenvalue weighted by Crippen LogP contribution is -2.44. The molecule has 6 nitrogen and oxygen atoms in total. The van der Waals surface area contributed by atoms with Crippen molar-refractivity contribution in [1.82, 2.24) is 14.8 Å². The Morgan fingerprint density at radius 1 is 0.889 bits per heavy atom. The summed E-state index contributed by atoms with van der Waals surface area (Å²) in [6.45, 7) is 9.37. The van der Waals surface area contributed by atoms with Gasteiger partial charge in [0.25, 0.3) is 0 Å². The SMILES string of the molecule is COc1cccc(CN(Cc2cccc(N3CCN(C)CC3)c2)c2nc(CN3CCCCC3)cs2)c1. The molecular formula is C29H39N5OS. The number of piperidine rings is 1. The number of methoxy groups -OCH3 is 1. The fourth-order valence-corrected chi connectivity index (χ4v) is 6.00. The van der Waals surface area contributed by atoms with E-state index in [1.807, 2.05) is 6.07 Å². The number of rotatable bonds is 9. The van der Waals surface area contributed by atoms with E-state index in [4.69, 9.17) is 9.72 Å². The van der Waals surface area contributed by atoms with Crippen LogP contribution in [0.1, 0.15) is 36.1 Å². The first-order chi connectivity index (χ1) is 17.7. The molecule has 0 amide bonds. The summed E-state index contributed by atoms with van der Waals surface area (Å²) in [5, 5.41) is 3.35. The Morgan fingerprint density at radius 3 is 2.36 bits per heavy atom. The maximum Gasteiger partial charge on any atom is 0.186 e. The first-order valence-electron chi connectivity index (χ1n) is 13.2. The van der Waals surface area contributed by atoms with Gasteiger partial charge < -0.3 is 19.4 Å². The molecule has 7 heteroatoms. The van der Waals surface area contributed by atoms with Gasteiger partial charge in [-0.3, -0.25) is 4.90 Å². The Bertz CT molecular complexity index is 1100. The molecule has 0 saturated carbocycles. The standard InChI is InChI=1S/C29H39N5OS/c1-31-14-16-33(17-15-31)27-10-6-8-24(18-27)20-34(21-25-9-7-11-28(19-25)35-2)29-30-26(23-36-29)22-32-12-4-3-5-13-32/h6-11,18-19,23H,3-5,12-17,20-22H2,1-2H3. The van der Waals surface area contributed by atoms with Gasteiger partial charge in [-0.2, -0.15) is 0 Å². The highest BCUT2D eigenvalue weighted by Crippen LogP contribution is 2.28. The van der Waals surface area contributed by atoms with Crippen LogP contribution in [0.2, 0.25) is 0 Å². The van der Waals surface area contributed by atoms with E-state index in [9.17, 15) is 0 Å². The van der Waals surface area contributed by atoms with E-state index in [1.165, 1.54) is 54.9 Å². The van der Waals surface area contributed by atoms with E-state index < -0.39 is 0 Å². The molecule has 0 spiro atoms. The second kappa shape index (κ2) is 12.1. The molecule has 0 bridgehead atoms. The summed E-state index contributed by atoms with van der Waals surface area (Å²) in [6.07, 6.45) is 3.98. The first-order valence-corrected chi connectivity index (χ1v) is 14.1. The predicted octanol–water partition coefficient (Wildman–Crippen LogP) is 5.10. The smallest absolute Gasteiger partial charge is 0.186 e. The van der Waals surface area contributed by atoms with Crippen molar-refractivity contribution in [2.45, 2.75) is 38.9 Å². The molecular weight excluding hydrogens is 466 g/mol. The summed E-state index contributed by atoms with van der Waals surface area (Å²) < 4.78 is 5.49. The quantitative estimate of drug-likeness (QED) is 0.403. The van der Waals surface area contributed by atoms with Crippen LogP contribution in [0.25, 0.3) is 0 Å². The normalized spacial score (nSPS) is 17.3. The summed E-state index contributed by atoms with van der Waals surface area (Å²) in [4.78, 5) is 15.0. The van der Waals surface area contributed by atoms with Crippen LogP contribution in [0.3, 0.4) is 0 Å². The van der Waals surface area contributed by atoms with Gasteiger partial charge in [-0.1, -0.05) is 30.7 Å². The number of likely N-dealkylation sites (N-methyl/N-ethyl adjacent to an activating group) is 1. The van der Waals surface area contributed by atoms with Crippen LogP contribution in [0, 0.1) is 0 Å². The van der Waals surface area contributed by atoms with Crippen LogP contribution >= 0.6 is 11.3 Å². The number of thiazole rings is 1. The highest BCUT2D eigenvalue weighted by atomic mass is 32.1. The number of likely N-dealkylation sites (tertiary alicyclic amines) is 1. The largest absolute Gasteiger partial charge is 0.497 e. The number of hydrogen-bond donors (Lipinski definition) is 0. The molecule has 2 fully saturated rings. The van der Waals surface area contributed by atoms with Crippen molar-refractivity contribution >= 4 is 22.2 Å². The van der Waals surface area contributed by atoms with Gasteiger partial charge in [0.05, 0.1) is 12.8 Å². The first kappa shape index (κ1) is 25.1. The summed E-state index contributed by atoms with van der Waals surface area (Å²) in [5.74, 6) is 0.898. The Balaban J connectivity index is 1.35. The minimum atomic E-state index is 0.798. The molecule has 0 unspecified atom stereocenters. The molecule has 0 radical (unpaired) electrons. The summed E-state index contributed by atoms with van der Waals surface area (Å²) >= 11 is 1.77. The van der Waals surface area contributed by atoms with Gasteiger partial charge in [-0.05, 0) is 68.4 Å². The zero-order valence-corrected chi connectivity index (χ0v) is 22.6. The van der Waals surface area contributed by atoms with Crippen molar-refractivity contribution in [3.63, 3.8) is 0 Å². The van der Waals surface area contributed by atoms with Crippen LogP contribution in [0.4, 0.5) is 10.8 Å². The molecule has 3 aromatic rings. The fraction of sp³-hybridized carbons (Fsp3) is 0.483. The second-order valence-corrected chi connectivity index (χ2v) is 11.0. The predicted molar refractivity (Wildman–Crippen MR) is 150 cm³/mol. The average Bonchev–Trinajstić information content (AvgIpc) is 3.38. The monoisotopic (exact) mass is 505 g/mol. The van der Waals surface area contributed by atoms with Crippen molar-refractivity contribution < 1.29 is 4.74 Å². The summed E-state index contributed by atoms with van der Waals surface area (Å²) in [7, 11) is 3.94. The van der Waals surface area contributed by atoms with Gasteiger partial charge in [-0.15, -0.1) is 11.3 Å². The minimum absolute atomic E-state index is 0.798. The van der Waals surface area contributed by atoms with Gasteiger partial charge >= 0.3 is 0 Å². The van der Waals surface area contributed by atoms with E-state index in [0.717, 1.165) is 56.7 Å². The number of ether oxygens (including phenoxy) is 1. The summed E-state index contributed by atoms with van der Waals surface area (Å²) in [6, 6.07) is 17.5. The van der Waals surface area contributed by atoms with Gasteiger partial charge in [0, 0.05) is 56.9 Å². The van der Waals surface area contributed by atoms with E-state index >= 15 is 0 Å². The van der Waals surface area contributed by atoms with Crippen molar-refractivity contribution in [2.24, 2.45) is 0 Å². The number of hydrogen-bond acceptors (Lipinski definition) is 7. The summed E-state index contributed by atoms with van der Waals surface area (Å²) in [5.41, 5.74) is 5.07. The molecule has 36 heavy (non-hydrogen) atoms. The van der Waals surface area contributed by atoms with E-state index in [2.05, 4.69) is 74.5 Å². The van der Waals surface area contributed by atoms with Gasteiger partial charge in [0.1, 0.15) is 5.75 Å². The van der Waals surface area contributed by atoms with E-state index in [0.29, 0.717) is 0 Å². The van der Waals surface area contributed by atoms with Crippen LogP contribution < -0.4 is 14.5 Å². The lowest BCUT2D eigenvalue weighted by Gasteiger charge is -2.34.